The Hall–Kier alpha value is -3.36. The summed E-state index contributed by atoms with van der Waals surface area (Å²) in [5.74, 6) is -2.00. The van der Waals surface area contributed by atoms with Crippen molar-refractivity contribution in [3.8, 4) is 27.1 Å². The number of nitrogens with one attached hydrogen (secondary N) is 1. The van der Waals surface area contributed by atoms with Gasteiger partial charge in [0.05, 0.1) is 33.7 Å². The maximum absolute atomic E-state index is 14.9. The van der Waals surface area contributed by atoms with Crippen LogP contribution in [0.15, 0.2) is 42.5 Å². The number of amides is 1. The molecule has 3 aromatic rings. The van der Waals surface area contributed by atoms with Crippen molar-refractivity contribution >= 4 is 32.8 Å². The molecule has 2 saturated carbocycles. The molecule has 0 bridgehead atoms. The Morgan fingerprint density at radius 3 is 2.34 bits per heavy atom. The van der Waals surface area contributed by atoms with Gasteiger partial charge in [-0.1, -0.05) is 31.0 Å². The third-order valence-corrected chi connectivity index (χ3v) is 11.2. The lowest BCUT2D eigenvalue weighted by Crippen LogP contribution is -2.42. The summed E-state index contributed by atoms with van der Waals surface area (Å²) in [4.78, 5) is 21.0. The molecule has 3 fully saturated rings. The summed E-state index contributed by atoms with van der Waals surface area (Å²) in [6.07, 6.45) is 4.40. The molecule has 2 aromatic carbocycles. The number of halogens is 2. The van der Waals surface area contributed by atoms with Crippen molar-refractivity contribution in [2.45, 2.75) is 50.0 Å². The van der Waals surface area contributed by atoms with Crippen molar-refractivity contribution in [2.24, 2.45) is 5.92 Å². The van der Waals surface area contributed by atoms with Gasteiger partial charge in [0.1, 0.15) is 22.2 Å². The third-order valence-electron chi connectivity index (χ3n) is 8.45. The number of anilines is 1. The lowest BCUT2D eigenvalue weighted by Gasteiger charge is -2.31. The van der Waals surface area contributed by atoms with Crippen LogP contribution in [0.2, 0.25) is 0 Å². The number of sulfone groups is 1. The third kappa shape index (κ3) is 5.60. The van der Waals surface area contributed by atoms with E-state index in [1.807, 2.05) is 29.2 Å². The molecule has 214 valence electrons. The molecule has 2 heterocycles. The molecule has 6 rings (SSSR count). The summed E-state index contributed by atoms with van der Waals surface area (Å²) in [5, 5.41) is 12.7. The van der Waals surface area contributed by atoms with Gasteiger partial charge in [0.2, 0.25) is 5.91 Å². The standard InChI is InChI=1S/C30H30F2N4O3S2/c31-23-6-3-7-24(32)25(23)29-34-26(21-4-1-2-5-22(21)28(37)35-30(18-33)12-13-30)27(40-29)19-8-10-20(11-9-19)36-14-16-41(38,39)17-15-36/h3,6-11,21-22H,1-2,4-5,12-17H2,(H,35,37). The Morgan fingerprint density at radius 2 is 1.71 bits per heavy atom. The van der Waals surface area contributed by atoms with Crippen molar-refractivity contribution in [3.05, 3.63) is 59.8 Å². The summed E-state index contributed by atoms with van der Waals surface area (Å²) < 4.78 is 53.4. The number of nitriles is 1. The SMILES string of the molecule is N#CC1(NC(=O)C2CCCCC2c2nc(-c3c(F)cccc3F)sc2-c2ccc(N3CCS(=O)(=O)CC3)cc2)CC1. The second-order valence-electron chi connectivity index (χ2n) is 11.2. The van der Waals surface area contributed by atoms with E-state index in [-0.39, 0.29) is 33.9 Å². The van der Waals surface area contributed by atoms with Crippen molar-refractivity contribution in [1.82, 2.24) is 10.3 Å². The molecule has 2 aliphatic carbocycles. The van der Waals surface area contributed by atoms with Crippen LogP contribution in [-0.2, 0) is 14.6 Å². The summed E-state index contributed by atoms with van der Waals surface area (Å²) in [5.41, 5.74) is 1.39. The minimum Gasteiger partial charge on any atom is -0.369 e. The van der Waals surface area contributed by atoms with Crippen LogP contribution in [0.3, 0.4) is 0 Å². The van der Waals surface area contributed by atoms with Gasteiger partial charge in [0, 0.05) is 30.6 Å². The number of hydrogen-bond donors (Lipinski definition) is 1. The number of hydrogen-bond acceptors (Lipinski definition) is 7. The van der Waals surface area contributed by atoms with E-state index >= 15 is 0 Å². The monoisotopic (exact) mass is 596 g/mol. The van der Waals surface area contributed by atoms with E-state index < -0.39 is 32.9 Å². The number of thiazole rings is 1. The fraction of sp³-hybridized carbons (Fsp3) is 0.433. The number of nitrogens with zero attached hydrogens (tertiary/aromatic N) is 3. The molecule has 41 heavy (non-hydrogen) atoms. The van der Waals surface area contributed by atoms with Gasteiger partial charge in [-0.3, -0.25) is 4.79 Å². The highest BCUT2D eigenvalue weighted by Gasteiger charge is 2.47. The number of carbonyl (C=O) groups excluding carboxylic acids is 1. The highest BCUT2D eigenvalue weighted by Crippen LogP contribution is 2.47. The molecule has 0 spiro atoms. The Morgan fingerprint density at radius 1 is 1.05 bits per heavy atom. The van der Waals surface area contributed by atoms with Gasteiger partial charge in [-0.15, -0.1) is 11.3 Å². The first-order chi connectivity index (χ1) is 19.7. The first kappa shape index (κ1) is 27.8. The van der Waals surface area contributed by atoms with Crippen LogP contribution in [0.1, 0.15) is 50.1 Å². The highest BCUT2D eigenvalue weighted by molar-refractivity contribution is 7.91. The molecule has 0 radical (unpaired) electrons. The molecule has 1 aromatic heterocycles. The summed E-state index contributed by atoms with van der Waals surface area (Å²) in [7, 11) is -3.01. The fourth-order valence-electron chi connectivity index (χ4n) is 5.88. The minimum absolute atomic E-state index is 0.115. The van der Waals surface area contributed by atoms with E-state index in [1.165, 1.54) is 29.5 Å². The minimum atomic E-state index is -3.01. The largest absolute Gasteiger partial charge is 0.369 e. The van der Waals surface area contributed by atoms with Crippen molar-refractivity contribution < 1.29 is 22.0 Å². The van der Waals surface area contributed by atoms with E-state index in [9.17, 15) is 27.3 Å². The van der Waals surface area contributed by atoms with Crippen LogP contribution in [0, 0.1) is 28.9 Å². The molecule has 3 aliphatic rings. The summed E-state index contributed by atoms with van der Waals surface area (Å²) in [6, 6.07) is 13.7. The highest BCUT2D eigenvalue weighted by atomic mass is 32.2. The second kappa shape index (κ2) is 10.8. The van der Waals surface area contributed by atoms with E-state index in [4.69, 9.17) is 4.98 Å². The smallest absolute Gasteiger partial charge is 0.225 e. The normalized spacial score (nSPS) is 23.0. The van der Waals surface area contributed by atoms with Gasteiger partial charge in [-0.05, 0) is 55.5 Å². The average Bonchev–Trinajstić information content (AvgIpc) is 3.61. The predicted octanol–water partition coefficient (Wildman–Crippen LogP) is 5.44. The first-order valence-corrected chi connectivity index (χ1v) is 16.6. The average molecular weight is 597 g/mol. The van der Waals surface area contributed by atoms with Gasteiger partial charge in [-0.2, -0.15) is 5.26 Å². The predicted molar refractivity (Wildman–Crippen MR) is 154 cm³/mol. The molecule has 1 N–H and O–H groups in total. The zero-order valence-electron chi connectivity index (χ0n) is 22.4. The number of rotatable bonds is 6. The zero-order valence-corrected chi connectivity index (χ0v) is 24.0. The van der Waals surface area contributed by atoms with Gasteiger partial charge in [0.15, 0.2) is 9.84 Å². The quantitative estimate of drug-likeness (QED) is 0.407. The van der Waals surface area contributed by atoms with Gasteiger partial charge in [-0.25, -0.2) is 22.2 Å². The van der Waals surface area contributed by atoms with Crippen LogP contribution in [0.25, 0.3) is 21.0 Å². The molecule has 11 heteroatoms. The lowest BCUT2D eigenvalue weighted by molar-refractivity contribution is -0.127. The topological polar surface area (TPSA) is 103 Å². The number of carbonyl (C=O) groups is 1. The van der Waals surface area contributed by atoms with Crippen molar-refractivity contribution in [2.75, 3.05) is 29.5 Å². The Bertz CT molecular complexity index is 1590. The molecule has 1 saturated heterocycles. The maximum Gasteiger partial charge on any atom is 0.225 e. The van der Waals surface area contributed by atoms with E-state index in [1.54, 1.807) is 0 Å². The second-order valence-corrected chi connectivity index (χ2v) is 14.5. The van der Waals surface area contributed by atoms with Crippen molar-refractivity contribution in [1.29, 1.82) is 5.26 Å². The van der Waals surface area contributed by atoms with Gasteiger partial charge < -0.3 is 10.2 Å². The van der Waals surface area contributed by atoms with Crippen LogP contribution in [0.4, 0.5) is 14.5 Å². The van der Waals surface area contributed by atoms with Gasteiger partial charge >= 0.3 is 0 Å². The molecular formula is C30H30F2N4O3S2. The Labute approximate surface area is 242 Å². The number of benzene rings is 2. The van der Waals surface area contributed by atoms with Crippen molar-refractivity contribution in [3.63, 3.8) is 0 Å². The fourth-order valence-corrected chi connectivity index (χ4v) is 8.27. The maximum atomic E-state index is 14.9. The molecular weight excluding hydrogens is 566 g/mol. The Kier molecular flexibility index (Phi) is 7.32. The van der Waals surface area contributed by atoms with Crippen LogP contribution >= 0.6 is 11.3 Å². The van der Waals surface area contributed by atoms with Crippen LogP contribution in [0.5, 0.6) is 0 Å². The summed E-state index contributed by atoms with van der Waals surface area (Å²) in [6.45, 7) is 0.848. The van der Waals surface area contributed by atoms with Crippen LogP contribution in [-0.4, -0.2) is 49.4 Å². The van der Waals surface area contributed by atoms with E-state index in [2.05, 4.69) is 11.4 Å². The van der Waals surface area contributed by atoms with Crippen LogP contribution < -0.4 is 10.2 Å². The Balaban J connectivity index is 1.38. The van der Waals surface area contributed by atoms with E-state index in [0.29, 0.717) is 44.5 Å². The lowest BCUT2D eigenvalue weighted by atomic mass is 9.76. The van der Waals surface area contributed by atoms with Gasteiger partial charge in [0.25, 0.3) is 0 Å². The molecule has 2 atom stereocenters. The molecule has 1 aliphatic heterocycles. The first-order valence-electron chi connectivity index (χ1n) is 13.9. The molecule has 7 nitrogen and oxygen atoms in total. The number of aromatic nitrogens is 1. The van der Waals surface area contributed by atoms with E-state index in [0.717, 1.165) is 29.0 Å². The summed E-state index contributed by atoms with van der Waals surface area (Å²) >= 11 is 1.20. The molecule has 2 unspecified atom stereocenters. The molecule has 1 amide bonds. The zero-order chi connectivity index (χ0) is 28.8.